The predicted octanol–water partition coefficient (Wildman–Crippen LogP) is 2.37. The minimum Gasteiger partial charge on any atom is -0.397 e. The number of para-hydroxylation sites is 2. The van der Waals surface area contributed by atoms with Crippen molar-refractivity contribution in [3.05, 3.63) is 60.2 Å². The lowest BCUT2D eigenvalue weighted by Crippen LogP contribution is -2.10. The molecule has 1 unspecified atom stereocenters. The van der Waals surface area contributed by atoms with E-state index in [0.717, 1.165) is 11.3 Å². The Kier molecular flexibility index (Phi) is 3.08. The van der Waals surface area contributed by atoms with E-state index in [2.05, 4.69) is 5.32 Å². The maximum atomic E-state index is 9.93. The van der Waals surface area contributed by atoms with E-state index < -0.39 is 6.23 Å². The monoisotopic (exact) mass is 214 g/mol. The zero-order chi connectivity index (χ0) is 11.4. The number of rotatable bonds is 3. The zero-order valence-corrected chi connectivity index (χ0v) is 8.80. The van der Waals surface area contributed by atoms with Gasteiger partial charge in [0.1, 0.15) is 0 Å². The molecule has 4 N–H and O–H groups in total. The minimum atomic E-state index is -0.745. The van der Waals surface area contributed by atoms with Crippen LogP contribution in [0.2, 0.25) is 0 Å². The maximum Gasteiger partial charge on any atom is 0.150 e. The van der Waals surface area contributed by atoms with Gasteiger partial charge in [-0.05, 0) is 12.1 Å². The van der Waals surface area contributed by atoms with E-state index in [1.165, 1.54) is 0 Å². The molecule has 0 saturated carbocycles. The Balaban J connectivity index is 2.14. The van der Waals surface area contributed by atoms with E-state index >= 15 is 0 Å². The van der Waals surface area contributed by atoms with Gasteiger partial charge in [0.05, 0.1) is 11.4 Å². The first kappa shape index (κ1) is 10.5. The van der Waals surface area contributed by atoms with Gasteiger partial charge in [0.2, 0.25) is 0 Å². The molecule has 3 heteroatoms. The van der Waals surface area contributed by atoms with Crippen LogP contribution in [-0.2, 0) is 0 Å². The first-order valence-corrected chi connectivity index (χ1v) is 5.11. The largest absolute Gasteiger partial charge is 0.397 e. The van der Waals surface area contributed by atoms with Gasteiger partial charge in [-0.3, -0.25) is 0 Å². The highest BCUT2D eigenvalue weighted by atomic mass is 16.3. The Morgan fingerprint density at radius 2 is 1.56 bits per heavy atom. The average molecular weight is 214 g/mol. The number of aliphatic hydroxyl groups excluding tert-OH is 1. The van der Waals surface area contributed by atoms with Gasteiger partial charge in [-0.2, -0.15) is 0 Å². The van der Waals surface area contributed by atoms with E-state index in [1.54, 1.807) is 6.07 Å². The molecule has 0 fully saturated rings. The molecule has 0 bridgehead atoms. The number of anilines is 2. The number of aliphatic hydroxyl groups is 1. The molecule has 0 aliphatic carbocycles. The van der Waals surface area contributed by atoms with Crippen LogP contribution in [0, 0.1) is 0 Å². The summed E-state index contributed by atoms with van der Waals surface area (Å²) in [6.45, 7) is 0. The number of nitrogens with one attached hydrogen (secondary N) is 1. The number of hydrogen-bond acceptors (Lipinski definition) is 3. The first-order chi connectivity index (χ1) is 7.77. The van der Waals surface area contributed by atoms with Gasteiger partial charge in [0.25, 0.3) is 0 Å². The number of nitrogens with two attached hydrogens (primary N) is 1. The molecule has 0 aromatic heterocycles. The molecule has 0 saturated heterocycles. The summed E-state index contributed by atoms with van der Waals surface area (Å²) in [5.41, 5.74) is 7.94. The highest BCUT2D eigenvalue weighted by Gasteiger charge is 2.07. The van der Waals surface area contributed by atoms with Crippen LogP contribution in [0.25, 0.3) is 0 Å². The number of benzene rings is 2. The Morgan fingerprint density at radius 1 is 0.938 bits per heavy atom. The lowest BCUT2D eigenvalue weighted by Gasteiger charge is -2.15. The molecule has 2 rings (SSSR count). The Labute approximate surface area is 94.5 Å². The smallest absolute Gasteiger partial charge is 0.150 e. The molecule has 1 atom stereocenters. The van der Waals surface area contributed by atoms with Crippen LogP contribution in [0.3, 0.4) is 0 Å². The molecule has 2 aromatic rings. The average Bonchev–Trinajstić information content (AvgIpc) is 2.33. The highest BCUT2D eigenvalue weighted by molar-refractivity contribution is 5.66. The number of hydrogen-bond donors (Lipinski definition) is 3. The van der Waals surface area contributed by atoms with Crippen molar-refractivity contribution in [2.24, 2.45) is 0 Å². The predicted molar refractivity (Wildman–Crippen MR) is 65.9 cm³/mol. The van der Waals surface area contributed by atoms with Gasteiger partial charge in [-0.25, -0.2) is 0 Å². The molecule has 0 radical (unpaired) electrons. The molecule has 16 heavy (non-hydrogen) atoms. The van der Waals surface area contributed by atoms with Crippen LogP contribution in [0.4, 0.5) is 11.4 Å². The first-order valence-electron chi connectivity index (χ1n) is 5.11. The van der Waals surface area contributed by atoms with E-state index in [-0.39, 0.29) is 0 Å². The fraction of sp³-hybridized carbons (Fsp3) is 0.0769. The molecule has 0 aliphatic heterocycles. The lowest BCUT2D eigenvalue weighted by molar-refractivity contribution is 0.208. The molecule has 3 nitrogen and oxygen atoms in total. The topological polar surface area (TPSA) is 58.3 Å². The molecule has 2 aromatic carbocycles. The maximum absolute atomic E-state index is 9.93. The van der Waals surface area contributed by atoms with Crippen LogP contribution in [0.5, 0.6) is 0 Å². The van der Waals surface area contributed by atoms with E-state index in [4.69, 9.17) is 5.73 Å². The van der Waals surface area contributed by atoms with Crippen molar-refractivity contribution in [2.75, 3.05) is 11.1 Å². The van der Waals surface area contributed by atoms with Crippen molar-refractivity contribution < 1.29 is 5.11 Å². The summed E-state index contributed by atoms with van der Waals surface area (Å²) in [5, 5.41) is 12.9. The highest BCUT2D eigenvalue weighted by Crippen LogP contribution is 2.22. The van der Waals surface area contributed by atoms with Gasteiger partial charge < -0.3 is 16.2 Å². The van der Waals surface area contributed by atoms with Crippen molar-refractivity contribution >= 4 is 11.4 Å². The van der Waals surface area contributed by atoms with Gasteiger partial charge in [0, 0.05) is 5.56 Å². The molecule has 82 valence electrons. The summed E-state index contributed by atoms with van der Waals surface area (Å²) in [4.78, 5) is 0. The summed E-state index contributed by atoms with van der Waals surface area (Å²) >= 11 is 0. The summed E-state index contributed by atoms with van der Waals surface area (Å²) < 4.78 is 0. The fourth-order valence-electron chi connectivity index (χ4n) is 1.49. The molecule has 0 spiro atoms. The van der Waals surface area contributed by atoms with Crippen LogP contribution < -0.4 is 11.1 Å². The quantitative estimate of drug-likeness (QED) is 0.543. The van der Waals surface area contributed by atoms with Crippen molar-refractivity contribution in [1.82, 2.24) is 0 Å². The third-order valence-electron chi connectivity index (χ3n) is 2.37. The van der Waals surface area contributed by atoms with Crippen molar-refractivity contribution in [2.45, 2.75) is 6.23 Å². The third kappa shape index (κ3) is 2.32. The minimum absolute atomic E-state index is 0.623. The molecule has 0 amide bonds. The van der Waals surface area contributed by atoms with E-state index in [0.29, 0.717) is 5.69 Å². The SMILES string of the molecule is Nc1ccccc1NC(O)c1ccccc1. The van der Waals surface area contributed by atoms with Gasteiger partial charge in [-0.15, -0.1) is 0 Å². The summed E-state index contributed by atoms with van der Waals surface area (Å²) in [7, 11) is 0. The molecular weight excluding hydrogens is 200 g/mol. The molecule has 0 aliphatic rings. The fourth-order valence-corrected chi connectivity index (χ4v) is 1.49. The van der Waals surface area contributed by atoms with Crippen molar-refractivity contribution in [3.8, 4) is 0 Å². The molecular formula is C13H14N2O. The second-order valence-electron chi connectivity index (χ2n) is 3.54. The number of nitrogen functional groups attached to an aromatic ring is 1. The Morgan fingerprint density at radius 3 is 2.25 bits per heavy atom. The normalized spacial score (nSPS) is 12.1. The summed E-state index contributed by atoms with van der Waals surface area (Å²) in [6, 6.07) is 16.7. The third-order valence-corrected chi connectivity index (χ3v) is 2.37. The second-order valence-corrected chi connectivity index (χ2v) is 3.54. The second kappa shape index (κ2) is 4.68. The summed E-state index contributed by atoms with van der Waals surface area (Å²) in [5.74, 6) is 0. The van der Waals surface area contributed by atoms with Gasteiger partial charge in [0.15, 0.2) is 6.23 Å². The van der Waals surface area contributed by atoms with Crippen molar-refractivity contribution in [3.63, 3.8) is 0 Å². The van der Waals surface area contributed by atoms with Crippen LogP contribution in [0.1, 0.15) is 11.8 Å². The van der Waals surface area contributed by atoms with Crippen LogP contribution in [-0.4, -0.2) is 5.11 Å². The van der Waals surface area contributed by atoms with E-state index in [1.807, 2.05) is 48.5 Å². The van der Waals surface area contributed by atoms with Gasteiger partial charge >= 0.3 is 0 Å². The van der Waals surface area contributed by atoms with Crippen LogP contribution >= 0.6 is 0 Å². The zero-order valence-electron chi connectivity index (χ0n) is 8.80. The lowest BCUT2D eigenvalue weighted by atomic mass is 10.2. The molecule has 0 heterocycles. The van der Waals surface area contributed by atoms with Crippen molar-refractivity contribution in [1.29, 1.82) is 0 Å². The Hall–Kier alpha value is -2.00. The standard InChI is InChI=1S/C13H14N2O/c14-11-8-4-5-9-12(11)15-13(16)10-6-2-1-3-7-10/h1-9,13,15-16H,14H2. The van der Waals surface area contributed by atoms with E-state index in [9.17, 15) is 5.11 Å². The van der Waals surface area contributed by atoms with Gasteiger partial charge in [-0.1, -0.05) is 42.5 Å². The summed E-state index contributed by atoms with van der Waals surface area (Å²) in [6.07, 6.45) is -0.745. The Bertz CT molecular complexity index is 456. The van der Waals surface area contributed by atoms with Crippen LogP contribution in [0.15, 0.2) is 54.6 Å².